The van der Waals surface area contributed by atoms with Gasteiger partial charge >= 0.3 is 20.1 Å². The maximum absolute atomic E-state index is 16.3. The van der Waals surface area contributed by atoms with Gasteiger partial charge in [-0.1, -0.05) is 122 Å². The average Bonchev–Trinajstić information content (AvgIpc) is 3.38. The Kier molecular flexibility index (Phi) is 13.9. The molecule has 3 aromatic heterocycles. The number of halogens is 2. The van der Waals surface area contributed by atoms with Crippen molar-refractivity contribution in [2.24, 2.45) is 0 Å². The van der Waals surface area contributed by atoms with E-state index in [0.717, 1.165) is 110 Å². The summed E-state index contributed by atoms with van der Waals surface area (Å²) in [5, 5.41) is 0. The largest absolute Gasteiger partial charge is 3.00 e. The van der Waals surface area contributed by atoms with Gasteiger partial charge in [0.1, 0.15) is 11.6 Å². The molecule has 324 valence electrons. The Morgan fingerprint density at radius 3 is 1.42 bits per heavy atom. The van der Waals surface area contributed by atoms with Crippen LogP contribution in [0.25, 0.3) is 78.3 Å². The first-order chi connectivity index (χ1) is 32.5. The summed E-state index contributed by atoms with van der Waals surface area (Å²) < 4.78 is 31.6. The van der Waals surface area contributed by atoms with Crippen LogP contribution in [0.2, 0.25) is 0 Å². The maximum atomic E-state index is 16.3. The van der Waals surface area contributed by atoms with Gasteiger partial charge in [0.25, 0.3) is 0 Å². The van der Waals surface area contributed by atoms with Crippen LogP contribution in [0, 0.1) is 29.8 Å². The van der Waals surface area contributed by atoms with E-state index in [9.17, 15) is 0 Å². The molecule has 0 aliphatic heterocycles. The van der Waals surface area contributed by atoms with Crippen molar-refractivity contribution in [2.75, 3.05) is 0 Å². The molecule has 0 aliphatic carbocycles. The maximum Gasteiger partial charge on any atom is 3.00 e. The van der Waals surface area contributed by atoms with Gasteiger partial charge in [-0.05, 0) is 104 Å². The van der Waals surface area contributed by atoms with Crippen molar-refractivity contribution in [1.82, 2.24) is 15.0 Å². The van der Waals surface area contributed by atoms with Crippen LogP contribution in [-0.2, 0) is 45.8 Å². The molecule has 0 fully saturated rings. The molecule has 3 heterocycles. The van der Waals surface area contributed by atoms with Crippen LogP contribution in [-0.4, -0.2) is 15.0 Å². The second-order valence-corrected chi connectivity index (χ2v) is 16.4. The van der Waals surface area contributed by atoms with Crippen molar-refractivity contribution in [3.05, 3.63) is 259 Å². The Balaban J connectivity index is 0.00000562. The van der Waals surface area contributed by atoms with Crippen LogP contribution in [0.5, 0.6) is 0 Å². The molecule has 0 aliphatic rings. The monoisotopic (exact) mass is 1050 g/mol. The Morgan fingerprint density at radius 2 is 0.866 bits per heavy atom. The molecule has 10 aromatic rings. The van der Waals surface area contributed by atoms with E-state index in [1.165, 1.54) is 11.6 Å². The third kappa shape index (κ3) is 10.6. The number of pyridine rings is 3. The predicted molar refractivity (Wildman–Crippen MR) is 262 cm³/mol. The zero-order valence-corrected chi connectivity index (χ0v) is 38.8. The van der Waals surface area contributed by atoms with Crippen molar-refractivity contribution in [1.29, 1.82) is 0 Å². The number of hydrogen-bond acceptors (Lipinski definition) is 3. The summed E-state index contributed by atoms with van der Waals surface area (Å²) in [5.41, 5.74) is 16.1. The first kappa shape index (κ1) is 44.7. The molecule has 3 nitrogen and oxygen atoms in total. The number of nitrogens with zero attached hydrogens (tertiary/aromatic N) is 3. The minimum absolute atomic E-state index is 0. The van der Waals surface area contributed by atoms with Gasteiger partial charge in [-0.2, -0.15) is 0 Å². The third-order valence-corrected chi connectivity index (χ3v) is 11.9. The first-order valence-electron chi connectivity index (χ1n) is 22.1. The van der Waals surface area contributed by atoms with Crippen molar-refractivity contribution >= 4 is 0 Å². The zero-order chi connectivity index (χ0) is 44.7. The summed E-state index contributed by atoms with van der Waals surface area (Å²) >= 11 is 0. The molecule has 0 spiro atoms. The second-order valence-electron chi connectivity index (χ2n) is 16.4. The predicted octanol–water partition coefficient (Wildman–Crippen LogP) is 14.8. The number of hydrogen-bond donors (Lipinski definition) is 0. The van der Waals surface area contributed by atoms with Gasteiger partial charge in [-0.3, -0.25) is 0 Å². The van der Waals surface area contributed by atoms with Crippen molar-refractivity contribution in [3.63, 3.8) is 0 Å². The molecule has 67 heavy (non-hydrogen) atoms. The van der Waals surface area contributed by atoms with Crippen molar-refractivity contribution in [2.45, 2.75) is 25.7 Å². The Bertz CT molecular complexity index is 3110. The fourth-order valence-electron chi connectivity index (χ4n) is 8.45. The fourth-order valence-corrected chi connectivity index (χ4v) is 8.45. The van der Waals surface area contributed by atoms with E-state index >= 15 is 8.78 Å². The van der Waals surface area contributed by atoms with Crippen LogP contribution in [0.15, 0.2) is 207 Å². The number of benzene rings is 7. The van der Waals surface area contributed by atoms with Crippen LogP contribution >= 0.6 is 0 Å². The molecule has 10 rings (SSSR count). The minimum atomic E-state index is -0.635. The van der Waals surface area contributed by atoms with Gasteiger partial charge in [-0.15, -0.1) is 101 Å². The van der Waals surface area contributed by atoms with Gasteiger partial charge < -0.3 is 15.0 Å². The normalized spacial score (nSPS) is 11.0. The summed E-state index contributed by atoms with van der Waals surface area (Å²) in [7, 11) is 0. The van der Waals surface area contributed by atoms with Crippen LogP contribution in [0.1, 0.15) is 22.3 Å². The van der Waals surface area contributed by atoms with Gasteiger partial charge in [0.15, 0.2) is 0 Å². The zero-order valence-electron chi connectivity index (χ0n) is 36.4. The van der Waals surface area contributed by atoms with E-state index in [-0.39, 0.29) is 20.1 Å². The van der Waals surface area contributed by atoms with Gasteiger partial charge in [0, 0.05) is 24.7 Å². The molecule has 6 heteroatoms. The SMILES string of the molecule is Fc1cc(F)c(-c2c[c-]c(-c3cc(-c4ccc(-c5ccccc5)cc4)ccn3)cc2)c(-c2cc(CCc3c[c-]c(-c4ccccn4)cc3)cc(CCc3c[c-]c(-c4ccccn4)cc3)c2)c1.[Ir+3]. The number of aromatic nitrogens is 3. The summed E-state index contributed by atoms with van der Waals surface area (Å²) in [6.07, 6.45) is 8.34. The molecule has 0 amide bonds. The van der Waals surface area contributed by atoms with E-state index in [0.29, 0.717) is 16.7 Å². The molecule has 0 saturated heterocycles. The molecule has 0 unspecified atom stereocenters. The van der Waals surface area contributed by atoms with E-state index in [2.05, 4.69) is 112 Å². The van der Waals surface area contributed by atoms with Gasteiger partial charge in [0.2, 0.25) is 0 Å². The molecular weight excluding hydrogens is 1000 g/mol. The Hall–Kier alpha value is -7.50. The van der Waals surface area contributed by atoms with Crippen LogP contribution in [0.4, 0.5) is 8.78 Å². The topological polar surface area (TPSA) is 38.7 Å². The van der Waals surface area contributed by atoms with Crippen LogP contribution in [0.3, 0.4) is 0 Å². The number of rotatable bonds is 13. The minimum Gasteiger partial charge on any atom is -0.305 e. The van der Waals surface area contributed by atoms with E-state index < -0.39 is 11.6 Å². The van der Waals surface area contributed by atoms with Crippen molar-refractivity contribution in [3.8, 4) is 78.3 Å². The molecule has 0 saturated carbocycles. The van der Waals surface area contributed by atoms with Crippen LogP contribution < -0.4 is 0 Å². The summed E-state index contributed by atoms with van der Waals surface area (Å²) in [6, 6.07) is 71.4. The first-order valence-corrected chi connectivity index (χ1v) is 22.1. The summed E-state index contributed by atoms with van der Waals surface area (Å²) in [4.78, 5) is 13.6. The Morgan fingerprint density at radius 1 is 0.358 bits per heavy atom. The molecule has 0 N–H and O–H groups in total. The molecule has 0 radical (unpaired) electrons. The Labute approximate surface area is 404 Å². The number of aryl methyl sites for hydroxylation is 4. The molecule has 0 atom stereocenters. The molecule has 0 bridgehead atoms. The quantitative estimate of drug-likeness (QED) is 0.108. The molecular formula is C61H42F2IrN3. The van der Waals surface area contributed by atoms with E-state index in [4.69, 9.17) is 0 Å². The fraction of sp³-hybridized carbons (Fsp3) is 0.0656. The average molecular weight is 1050 g/mol. The van der Waals surface area contributed by atoms with Crippen molar-refractivity contribution < 1.29 is 28.9 Å². The van der Waals surface area contributed by atoms with E-state index in [1.54, 1.807) is 24.7 Å². The summed E-state index contributed by atoms with van der Waals surface area (Å²) in [5.74, 6) is -1.27. The second kappa shape index (κ2) is 20.8. The van der Waals surface area contributed by atoms with Gasteiger partial charge in [-0.25, -0.2) is 8.78 Å². The smallest absolute Gasteiger partial charge is 0.305 e. The summed E-state index contributed by atoms with van der Waals surface area (Å²) in [6.45, 7) is 0. The standard InChI is InChI=1S/C61H42F2N3.Ir/c62-55-40-56(61(57(63)41-55)52-30-28-51(29-31-52)60-39-53(32-35-66-60)48-26-24-47(25-27-48)46-8-2-1-3-9-46)54-37-44(14-12-42-16-20-49(21-17-42)58-10-4-6-33-64-58)36-45(38-54)15-13-43-18-22-50(23-19-43)59-11-5-7-34-65-59;/h1-11,16-20,22,24-28,30-41H,12-15H2;/q-3;+3. The van der Waals surface area contributed by atoms with Gasteiger partial charge in [0.05, 0.1) is 0 Å². The third-order valence-electron chi connectivity index (χ3n) is 11.9. The van der Waals surface area contributed by atoms with E-state index in [1.807, 2.05) is 91.0 Å². The molecule has 7 aromatic carbocycles.